The molecule has 1 amide bonds. The molecule has 0 radical (unpaired) electrons. The topological polar surface area (TPSA) is 72.1 Å². The lowest BCUT2D eigenvalue weighted by atomic mass is 10.0. The fourth-order valence-corrected chi connectivity index (χ4v) is 3.33. The molecule has 2 aromatic heterocycles. The van der Waals surface area contributed by atoms with Crippen LogP contribution in [0, 0.1) is 20.8 Å². The number of amides is 1. The Morgan fingerprint density at radius 2 is 2.12 bits per heavy atom. The number of carbonyl (C=O) groups excluding carboxylic acids is 1. The standard InChI is InChI=1S/C17H24N4O2.ClH/c1-10-7-14(5-6-18-10)19-17(22)15-8-11(2)21(13(15)4)16-9-12(3)23-20-16;/h8-10,14,18H,5-7H2,1-4H3,(H,19,22);1H. The van der Waals surface area contributed by atoms with Gasteiger partial charge in [-0.3, -0.25) is 9.36 Å². The van der Waals surface area contributed by atoms with Gasteiger partial charge in [-0.25, -0.2) is 0 Å². The van der Waals surface area contributed by atoms with E-state index in [1.165, 1.54) is 0 Å². The molecule has 2 aromatic rings. The van der Waals surface area contributed by atoms with Crippen LogP contribution >= 0.6 is 12.4 Å². The Morgan fingerprint density at radius 3 is 2.75 bits per heavy atom. The van der Waals surface area contributed by atoms with Gasteiger partial charge in [0.05, 0.1) is 5.56 Å². The van der Waals surface area contributed by atoms with Crippen molar-refractivity contribution in [2.45, 2.75) is 52.6 Å². The van der Waals surface area contributed by atoms with E-state index < -0.39 is 0 Å². The summed E-state index contributed by atoms with van der Waals surface area (Å²) in [4.78, 5) is 12.7. The number of nitrogens with zero attached hydrogens (tertiary/aromatic N) is 2. The molecule has 3 heterocycles. The quantitative estimate of drug-likeness (QED) is 0.890. The molecule has 0 spiro atoms. The molecule has 0 saturated carbocycles. The predicted molar refractivity (Wildman–Crippen MR) is 95.2 cm³/mol. The minimum absolute atomic E-state index is 0. The van der Waals surface area contributed by atoms with Crippen LogP contribution in [-0.2, 0) is 0 Å². The highest BCUT2D eigenvalue weighted by molar-refractivity contribution is 5.96. The summed E-state index contributed by atoms with van der Waals surface area (Å²) in [5.74, 6) is 1.46. The van der Waals surface area contributed by atoms with Crippen LogP contribution < -0.4 is 10.6 Å². The van der Waals surface area contributed by atoms with Crippen LogP contribution in [-0.4, -0.2) is 34.3 Å². The molecular weight excluding hydrogens is 328 g/mol. The van der Waals surface area contributed by atoms with E-state index in [-0.39, 0.29) is 24.4 Å². The molecule has 0 bridgehead atoms. The Morgan fingerprint density at radius 1 is 1.38 bits per heavy atom. The number of nitrogens with one attached hydrogen (secondary N) is 2. The summed E-state index contributed by atoms with van der Waals surface area (Å²) in [7, 11) is 0. The van der Waals surface area contributed by atoms with Gasteiger partial charge in [0.1, 0.15) is 5.76 Å². The van der Waals surface area contributed by atoms with Crippen molar-refractivity contribution in [1.82, 2.24) is 20.4 Å². The van der Waals surface area contributed by atoms with Crippen molar-refractivity contribution in [1.29, 1.82) is 0 Å². The molecule has 24 heavy (non-hydrogen) atoms. The van der Waals surface area contributed by atoms with E-state index in [4.69, 9.17) is 4.52 Å². The highest BCUT2D eigenvalue weighted by Crippen LogP contribution is 2.21. The Hall–Kier alpha value is -1.79. The monoisotopic (exact) mass is 352 g/mol. The number of halogens is 1. The van der Waals surface area contributed by atoms with Crippen LogP contribution in [0.2, 0.25) is 0 Å². The first-order valence-corrected chi connectivity index (χ1v) is 8.12. The second-order valence-electron chi connectivity index (χ2n) is 6.47. The zero-order valence-corrected chi connectivity index (χ0v) is 15.4. The molecule has 1 aliphatic heterocycles. The van der Waals surface area contributed by atoms with Crippen molar-refractivity contribution in [3.05, 3.63) is 34.8 Å². The number of aryl methyl sites for hydroxylation is 2. The fraction of sp³-hybridized carbons (Fsp3) is 0.529. The third-order valence-corrected chi connectivity index (χ3v) is 4.48. The zero-order chi connectivity index (χ0) is 16.6. The summed E-state index contributed by atoms with van der Waals surface area (Å²) in [6.45, 7) is 8.87. The average molecular weight is 353 g/mol. The molecule has 1 aliphatic rings. The first kappa shape index (κ1) is 18.5. The maximum absolute atomic E-state index is 12.7. The Kier molecular flexibility index (Phi) is 5.72. The van der Waals surface area contributed by atoms with Gasteiger partial charge in [0, 0.05) is 29.5 Å². The molecule has 1 fully saturated rings. The maximum Gasteiger partial charge on any atom is 0.253 e. The van der Waals surface area contributed by atoms with Gasteiger partial charge in [-0.15, -0.1) is 12.4 Å². The Labute approximate surface area is 148 Å². The molecule has 7 heteroatoms. The molecular formula is C17H25ClN4O2. The van der Waals surface area contributed by atoms with E-state index in [1.807, 2.05) is 37.5 Å². The lowest BCUT2D eigenvalue weighted by Crippen LogP contribution is -2.46. The van der Waals surface area contributed by atoms with Gasteiger partial charge < -0.3 is 15.2 Å². The largest absolute Gasteiger partial charge is 0.360 e. The summed E-state index contributed by atoms with van der Waals surface area (Å²) in [6, 6.07) is 4.46. The third-order valence-electron chi connectivity index (χ3n) is 4.48. The number of carbonyl (C=O) groups is 1. The number of aromatic nitrogens is 2. The Bertz CT molecular complexity index is 722. The van der Waals surface area contributed by atoms with Crippen molar-refractivity contribution >= 4 is 18.3 Å². The van der Waals surface area contributed by atoms with E-state index in [1.54, 1.807) is 0 Å². The fourth-order valence-electron chi connectivity index (χ4n) is 3.33. The minimum Gasteiger partial charge on any atom is -0.360 e. The second-order valence-corrected chi connectivity index (χ2v) is 6.47. The lowest BCUT2D eigenvalue weighted by Gasteiger charge is -2.28. The number of rotatable bonds is 3. The molecule has 2 unspecified atom stereocenters. The zero-order valence-electron chi connectivity index (χ0n) is 14.5. The van der Waals surface area contributed by atoms with Gasteiger partial charge in [-0.05, 0) is 53.1 Å². The first-order chi connectivity index (χ1) is 11.0. The average Bonchev–Trinajstić information content (AvgIpc) is 3.02. The molecule has 0 aliphatic carbocycles. The maximum atomic E-state index is 12.7. The molecule has 3 rings (SSSR count). The van der Waals surface area contributed by atoms with Crippen LogP contribution in [0.4, 0.5) is 0 Å². The molecule has 2 N–H and O–H groups in total. The van der Waals surface area contributed by atoms with Gasteiger partial charge in [0.15, 0.2) is 5.82 Å². The summed E-state index contributed by atoms with van der Waals surface area (Å²) in [5, 5.41) is 10.6. The highest BCUT2D eigenvalue weighted by atomic mass is 35.5. The first-order valence-electron chi connectivity index (χ1n) is 8.12. The van der Waals surface area contributed by atoms with Crippen LogP contribution in [0.3, 0.4) is 0 Å². The van der Waals surface area contributed by atoms with Gasteiger partial charge in [0.2, 0.25) is 0 Å². The van der Waals surface area contributed by atoms with Gasteiger partial charge in [-0.1, -0.05) is 5.16 Å². The van der Waals surface area contributed by atoms with E-state index in [0.29, 0.717) is 17.4 Å². The van der Waals surface area contributed by atoms with Crippen molar-refractivity contribution in [3.63, 3.8) is 0 Å². The van der Waals surface area contributed by atoms with Crippen LogP contribution in [0.15, 0.2) is 16.7 Å². The van der Waals surface area contributed by atoms with E-state index in [2.05, 4.69) is 22.7 Å². The van der Waals surface area contributed by atoms with Crippen molar-refractivity contribution in [2.75, 3.05) is 6.54 Å². The molecule has 2 atom stereocenters. The molecule has 132 valence electrons. The second kappa shape index (κ2) is 7.40. The van der Waals surface area contributed by atoms with Crippen LogP contribution in [0.1, 0.15) is 47.3 Å². The minimum atomic E-state index is -0.0105. The smallest absolute Gasteiger partial charge is 0.253 e. The van der Waals surface area contributed by atoms with E-state index in [0.717, 1.165) is 36.5 Å². The summed E-state index contributed by atoms with van der Waals surface area (Å²) in [5.41, 5.74) is 2.56. The Balaban J connectivity index is 0.00000208. The van der Waals surface area contributed by atoms with Crippen LogP contribution in [0.25, 0.3) is 5.82 Å². The number of hydrogen-bond acceptors (Lipinski definition) is 4. The normalized spacial score (nSPS) is 20.5. The van der Waals surface area contributed by atoms with Gasteiger partial charge >= 0.3 is 0 Å². The summed E-state index contributed by atoms with van der Waals surface area (Å²) >= 11 is 0. The molecule has 1 saturated heterocycles. The SMILES string of the molecule is Cc1cc(-n2c(C)cc(C(=O)NC3CCNC(C)C3)c2C)no1.Cl. The molecule has 0 aromatic carbocycles. The van der Waals surface area contributed by atoms with Crippen molar-refractivity contribution in [3.8, 4) is 5.82 Å². The third kappa shape index (κ3) is 3.65. The van der Waals surface area contributed by atoms with E-state index >= 15 is 0 Å². The van der Waals surface area contributed by atoms with Crippen molar-refractivity contribution in [2.24, 2.45) is 0 Å². The number of piperidine rings is 1. The van der Waals surface area contributed by atoms with Crippen LogP contribution in [0.5, 0.6) is 0 Å². The lowest BCUT2D eigenvalue weighted by molar-refractivity contribution is 0.0925. The van der Waals surface area contributed by atoms with E-state index in [9.17, 15) is 4.79 Å². The van der Waals surface area contributed by atoms with Gasteiger partial charge in [0.25, 0.3) is 5.91 Å². The predicted octanol–water partition coefficient (Wildman–Crippen LogP) is 2.68. The highest BCUT2D eigenvalue weighted by Gasteiger charge is 2.23. The molecule has 6 nitrogen and oxygen atoms in total. The summed E-state index contributed by atoms with van der Waals surface area (Å²) < 4.78 is 7.11. The van der Waals surface area contributed by atoms with Gasteiger partial charge in [-0.2, -0.15) is 0 Å². The number of hydrogen-bond donors (Lipinski definition) is 2. The van der Waals surface area contributed by atoms with Crippen molar-refractivity contribution < 1.29 is 9.32 Å². The summed E-state index contributed by atoms with van der Waals surface area (Å²) in [6.07, 6.45) is 1.93.